The lowest BCUT2D eigenvalue weighted by atomic mass is 9.96. The third-order valence-corrected chi connectivity index (χ3v) is 4.22. The van der Waals surface area contributed by atoms with E-state index in [1.807, 2.05) is 18.8 Å². The number of rotatable bonds is 6. The molecule has 1 unspecified atom stereocenters. The minimum absolute atomic E-state index is 0.436. The van der Waals surface area contributed by atoms with Gasteiger partial charge in [-0.15, -0.1) is 0 Å². The van der Waals surface area contributed by atoms with E-state index in [2.05, 4.69) is 55.5 Å². The van der Waals surface area contributed by atoms with Crippen LogP contribution in [0.1, 0.15) is 35.0 Å². The Bertz CT molecular complexity index is 599. The molecule has 0 aliphatic carbocycles. The van der Waals surface area contributed by atoms with Gasteiger partial charge in [0.2, 0.25) is 0 Å². The molecule has 3 heteroatoms. The van der Waals surface area contributed by atoms with E-state index in [1.165, 1.54) is 28.1 Å². The van der Waals surface area contributed by atoms with Gasteiger partial charge in [0.25, 0.3) is 0 Å². The molecule has 0 radical (unpaired) electrons. The maximum Gasteiger partial charge on any atom is 0.0624 e. The lowest BCUT2D eigenvalue weighted by molar-refractivity contribution is 0.532. The zero-order valence-electron chi connectivity index (χ0n) is 13.9. The Morgan fingerprint density at radius 2 is 1.95 bits per heavy atom. The van der Waals surface area contributed by atoms with Crippen molar-refractivity contribution in [1.82, 2.24) is 15.1 Å². The van der Waals surface area contributed by atoms with Crippen molar-refractivity contribution in [3.8, 4) is 0 Å². The summed E-state index contributed by atoms with van der Waals surface area (Å²) in [6.45, 7) is 6.50. The van der Waals surface area contributed by atoms with Gasteiger partial charge in [-0.3, -0.25) is 4.68 Å². The molecule has 0 amide bonds. The van der Waals surface area contributed by atoms with Crippen LogP contribution >= 0.6 is 0 Å². The quantitative estimate of drug-likeness (QED) is 0.884. The molecule has 1 aromatic heterocycles. The maximum absolute atomic E-state index is 4.54. The monoisotopic (exact) mass is 285 g/mol. The minimum Gasteiger partial charge on any atom is -0.316 e. The Labute approximate surface area is 128 Å². The summed E-state index contributed by atoms with van der Waals surface area (Å²) >= 11 is 0. The number of benzene rings is 1. The Morgan fingerprint density at radius 3 is 2.57 bits per heavy atom. The zero-order valence-corrected chi connectivity index (χ0v) is 13.9. The lowest BCUT2D eigenvalue weighted by Gasteiger charge is -2.18. The first kappa shape index (κ1) is 15.8. The molecule has 0 saturated heterocycles. The molecule has 0 aliphatic rings. The van der Waals surface area contributed by atoms with E-state index in [-0.39, 0.29) is 0 Å². The SMILES string of the molecule is CCc1cc(CC(Cc2cc(C)ccc2C)NC)n(C)n1. The van der Waals surface area contributed by atoms with Crippen LogP contribution in [0, 0.1) is 13.8 Å². The molecular formula is C18H27N3. The number of aryl methyl sites for hydroxylation is 4. The second kappa shape index (κ2) is 6.90. The molecule has 114 valence electrons. The predicted molar refractivity (Wildman–Crippen MR) is 88.8 cm³/mol. The fourth-order valence-corrected chi connectivity index (χ4v) is 2.75. The van der Waals surface area contributed by atoms with Gasteiger partial charge in [0.1, 0.15) is 0 Å². The standard InChI is InChI=1S/C18H27N3/c1-6-16-11-18(21(5)20-16)12-17(19-4)10-15-9-13(2)7-8-14(15)3/h7-9,11,17,19H,6,10,12H2,1-5H3. The molecule has 1 aromatic carbocycles. The van der Waals surface area contributed by atoms with Crippen LogP contribution in [0.3, 0.4) is 0 Å². The summed E-state index contributed by atoms with van der Waals surface area (Å²) in [4.78, 5) is 0. The van der Waals surface area contributed by atoms with E-state index in [1.54, 1.807) is 0 Å². The van der Waals surface area contributed by atoms with Crippen LogP contribution in [0.4, 0.5) is 0 Å². The predicted octanol–water partition coefficient (Wildman–Crippen LogP) is 2.97. The Morgan fingerprint density at radius 1 is 1.19 bits per heavy atom. The van der Waals surface area contributed by atoms with E-state index >= 15 is 0 Å². The average Bonchev–Trinajstić information content (AvgIpc) is 2.82. The first-order valence-electron chi connectivity index (χ1n) is 7.78. The second-order valence-corrected chi connectivity index (χ2v) is 5.93. The average molecular weight is 285 g/mol. The minimum atomic E-state index is 0.436. The van der Waals surface area contributed by atoms with Crippen LogP contribution in [0.25, 0.3) is 0 Å². The normalized spacial score (nSPS) is 12.6. The smallest absolute Gasteiger partial charge is 0.0624 e. The van der Waals surface area contributed by atoms with Gasteiger partial charge in [-0.2, -0.15) is 5.10 Å². The van der Waals surface area contributed by atoms with E-state index in [0.29, 0.717) is 6.04 Å². The fourth-order valence-electron chi connectivity index (χ4n) is 2.75. The van der Waals surface area contributed by atoms with Crippen LogP contribution < -0.4 is 5.32 Å². The lowest BCUT2D eigenvalue weighted by Crippen LogP contribution is -2.31. The molecule has 1 N–H and O–H groups in total. The van der Waals surface area contributed by atoms with E-state index in [4.69, 9.17) is 0 Å². The molecule has 0 bridgehead atoms. The highest BCUT2D eigenvalue weighted by molar-refractivity contribution is 5.31. The van der Waals surface area contributed by atoms with Crippen LogP contribution in [0.2, 0.25) is 0 Å². The highest BCUT2D eigenvalue weighted by atomic mass is 15.3. The van der Waals surface area contributed by atoms with Gasteiger partial charge in [0.15, 0.2) is 0 Å². The summed E-state index contributed by atoms with van der Waals surface area (Å²) in [6, 6.07) is 9.37. The van der Waals surface area contributed by atoms with Crippen LogP contribution in [-0.4, -0.2) is 22.9 Å². The van der Waals surface area contributed by atoms with Gasteiger partial charge in [-0.05, 0) is 50.9 Å². The summed E-state index contributed by atoms with van der Waals surface area (Å²) in [5, 5.41) is 8.00. The first-order chi connectivity index (χ1) is 10.0. The molecule has 0 spiro atoms. The fraction of sp³-hybridized carbons (Fsp3) is 0.500. The second-order valence-electron chi connectivity index (χ2n) is 5.93. The summed E-state index contributed by atoms with van der Waals surface area (Å²) < 4.78 is 2.02. The third kappa shape index (κ3) is 3.94. The number of hydrogen-bond donors (Lipinski definition) is 1. The highest BCUT2D eigenvalue weighted by Crippen LogP contribution is 2.15. The molecule has 1 heterocycles. The van der Waals surface area contributed by atoms with Crippen molar-refractivity contribution in [3.63, 3.8) is 0 Å². The van der Waals surface area contributed by atoms with Crippen LogP contribution in [-0.2, 0) is 26.3 Å². The number of likely N-dealkylation sites (N-methyl/N-ethyl adjacent to an activating group) is 1. The van der Waals surface area contributed by atoms with Crippen molar-refractivity contribution in [3.05, 3.63) is 52.3 Å². The van der Waals surface area contributed by atoms with Gasteiger partial charge in [0.05, 0.1) is 5.69 Å². The maximum atomic E-state index is 4.54. The topological polar surface area (TPSA) is 29.9 Å². The highest BCUT2D eigenvalue weighted by Gasteiger charge is 2.13. The van der Waals surface area contributed by atoms with Crippen molar-refractivity contribution >= 4 is 0 Å². The Balaban J connectivity index is 2.12. The van der Waals surface area contributed by atoms with Gasteiger partial charge in [-0.25, -0.2) is 0 Å². The van der Waals surface area contributed by atoms with Crippen LogP contribution in [0.15, 0.2) is 24.3 Å². The molecule has 0 fully saturated rings. The largest absolute Gasteiger partial charge is 0.316 e. The van der Waals surface area contributed by atoms with Crippen molar-refractivity contribution in [2.75, 3.05) is 7.05 Å². The number of hydrogen-bond acceptors (Lipinski definition) is 2. The molecule has 2 aromatic rings. The molecule has 1 atom stereocenters. The Hall–Kier alpha value is -1.61. The van der Waals surface area contributed by atoms with E-state index < -0.39 is 0 Å². The molecule has 0 saturated carbocycles. The van der Waals surface area contributed by atoms with Gasteiger partial charge < -0.3 is 5.32 Å². The van der Waals surface area contributed by atoms with Gasteiger partial charge >= 0.3 is 0 Å². The Kier molecular flexibility index (Phi) is 5.18. The van der Waals surface area contributed by atoms with Crippen LogP contribution in [0.5, 0.6) is 0 Å². The van der Waals surface area contributed by atoms with Crippen molar-refractivity contribution in [2.45, 2.75) is 46.1 Å². The summed E-state index contributed by atoms with van der Waals surface area (Å²) in [7, 11) is 4.09. The third-order valence-electron chi connectivity index (χ3n) is 4.22. The summed E-state index contributed by atoms with van der Waals surface area (Å²) in [5.41, 5.74) is 6.62. The molecule has 3 nitrogen and oxygen atoms in total. The van der Waals surface area contributed by atoms with E-state index in [9.17, 15) is 0 Å². The summed E-state index contributed by atoms with van der Waals surface area (Å²) in [6.07, 6.45) is 3.05. The van der Waals surface area contributed by atoms with Gasteiger partial charge in [-0.1, -0.05) is 30.7 Å². The molecule has 2 rings (SSSR count). The van der Waals surface area contributed by atoms with Crippen molar-refractivity contribution < 1.29 is 0 Å². The number of nitrogens with zero attached hydrogens (tertiary/aromatic N) is 2. The van der Waals surface area contributed by atoms with Gasteiger partial charge in [0, 0.05) is 25.2 Å². The van der Waals surface area contributed by atoms with Crippen molar-refractivity contribution in [2.24, 2.45) is 7.05 Å². The number of nitrogens with one attached hydrogen (secondary N) is 1. The molecule has 0 aliphatic heterocycles. The van der Waals surface area contributed by atoms with Crippen molar-refractivity contribution in [1.29, 1.82) is 0 Å². The number of aromatic nitrogens is 2. The van der Waals surface area contributed by atoms with E-state index in [0.717, 1.165) is 19.3 Å². The molecular weight excluding hydrogens is 258 g/mol. The zero-order chi connectivity index (χ0) is 15.4. The molecule has 21 heavy (non-hydrogen) atoms. The summed E-state index contributed by atoms with van der Waals surface area (Å²) in [5.74, 6) is 0. The first-order valence-corrected chi connectivity index (χ1v) is 7.78.